The van der Waals surface area contributed by atoms with E-state index in [-0.39, 0.29) is 5.91 Å². The lowest BCUT2D eigenvalue weighted by atomic mass is 10.0. The summed E-state index contributed by atoms with van der Waals surface area (Å²) in [6.45, 7) is 4.35. The molecule has 1 aliphatic heterocycles. The van der Waals surface area contributed by atoms with Gasteiger partial charge >= 0.3 is 0 Å². The highest BCUT2D eigenvalue weighted by Crippen LogP contribution is 2.38. The zero-order chi connectivity index (χ0) is 23.8. The fourth-order valence-electron chi connectivity index (χ4n) is 4.42. The number of methoxy groups -OCH3 is 1. The maximum absolute atomic E-state index is 13.6. The fourth-order valence-corrected chi connectivity index (χ4v) is 4.56. The first-order chi connectivity index (χ1) is 16.5. The van der Waals surface area contributed by atoms with Gasteiger partial charge in [0, 0.05) is 16.9 Å². The second kappa shape index (κ2) is 8.88. The minimum absolute atomic E-state index is 0.0479. The van der Waals surface area contributed by atoms with Crippen LogP contribution in [0.25, 0.3) is 0 Å². The quantitative estimate of drug-likeness (QED) is 0.388. The number of aromatic nitrogens is 2. The molecular weight excluding hydrogens is 448 g/mol. The van der Waals surface area contributed by atoms with Crippen molar-refractivity contribution in [3.63, 3.8) is 0 Å². The zero-order valence-corrected chi connectivity index (χ0v) is 20.0. The molecule has 1 atom stereocenters. The van der Waals surface area contributed by atoms with E-state index >= 15 is 0 Å². The molecule has 1 unspecified atom stereocenters. The van der Waals surface area contributed by atoms with Crippen LogP contribution < -0.4 is 15.0 Å². The summed E-state index contributed by atoms with van der Waals surface area (Å²) in [5, 5.41) is 8.81. The highest BCUT2D eigenvalue weighted by Gasteiger charge is 2.34. The van der Waals surface area contributed by atoms with Crippen LogP contribution >= 0.6 is 11.6 Å². The normalized spacial score (nSPS) is 15.1. The lowest BCUT2D eigenvalue weighted by Gasteiger charge is -2.38. The number of carbonyl (C=O) groups excluding carboxylic acids is 1. The van der Waals surface area contributed by atoms with E-state index in [0.29, 0.717) is 17.1 Å². The maximum Gasteiger partial charge on any atom is 0.262 e. The summed E-state index contributed by atoms with van der Waals surface area (Å²) in [6.07, 6.45) is -0.390. The Bertz CT molecular complexity index is 1370. The Hall–Kier alpha value is -3.77. The van der Waals surface area contributed by atoms with Gasteiger partial charge in [0.2, 0.25) is 0 Å². The molecule has 6 nitrogen and oxygen atoms in total. The van der Waals surface area contributed by atoms with Gasteiger partial charge in [0.25, 0.3) is 5.91 Å². The molecule has 7 heteroatoms. The van der Waals surface area contributed by atoms with Crippen molar-refractivity contribution >= 4 is 28.9 Å². The SMILES string of the molecule is COc1ccc(C2Nc3ccccc3C(=O)N2c2ccccc2)cc1Cn1nc(C)c(Cl)c1C. The molecule has 0 spiro atoms. The predicted molar refractivity (Wildman–Crippen MR) is 135 cm³/mol. The van der Waals surface area contributed by atoms with Gasteiger partial charge in [-0.25, -0.2) is 0 Å². The Morgan fingerprint density at radius 2 is 1.76 bits per heavy atom. The van der Waals surface area contributed by atoms with Crippen LogP contribution in [0.3, 0.4) is 0 Å². The third kappa shape index (κ3) is 3.80. The van der Waals surface area contributed by atoms with E-state index in [2.05, 4.69) is 16.5 Å². The summed E-state index contributed by atoms with van der Waals surface area (Å²) < 4.78 is 7.53. The third-order valence-corrected chi connectivity index (χ3v) is 6.74. The standard InChI is InChI=1S/C27H25ClN4O2/c1-17-25(28)18(2)31(30-17)16-20-15-19(13-14-24(20)34-3)26-29-23-12-8-7-11-22(23)27(33)32(26)21-9-5-4-6-10-21/h4-15,26,29H,16H2,1-3H3. The van der Waals surface area contributed by atoms with Crippen molar-refractivity contribution in [2.45, 2.75) is 26.6 Å². The van der Waals surface area contributed by atoms with E-state index in [1.54, 1.807) is 12.0 Å². The Balaban J connectivity index is 1.60. The van der Waals surface area contributed by atoms with Crippen molar-refractivity contribution in [2.24, 2.45) is 0 Å². The van der Waals surface area contributed by atoms with Crippen molar-refractivity contribution in [2.75, 3.05) is 17.3 Å². The minimum atomic E-state index is -0.390. The van der Waals surface area contributed by atoms with Gasteiger partial charge in [0.05, 0.1) is 35.6 Å². The number of nitrogens with zero attached hydrogens (tertiary/aromatic N) is 3. The molecule has 172 valence electrons. The molecule has 1 aromatic heterocycles. The molecule has 4 aromatic rings. The van der Waals surface area contributed by atoms with E-state index in [0.717, 1.165) is 39.6 Å². The molecule has 1 aliphatic rings. The van der Waals surface area contributed by atoms with Crippen molar-refractivity contribution in [3.8, 4) is 5.75 Å². The Morgan fingerprint density at radius 1 is 1.03 bits per heavy atom. The molecule has 3 aromatic carbocycles. The average molecular weight is 473 g/mol. The lowest BCUT2D eigenvalue weighted by molar-refractivity contribution is 0.0975. The van der Waals surface area contributed by atoms with Crippen molar-refractivity contribution in [1.82, 2.24) is 9.78 Å². The predicted octanol–water partition coefficient (Wildman–Crippen LogP) is 5.98. The van der Waals surface area contributed by atoms with Crippen molar-refractivity contribution in [3.05, 3.63) is 106 Å². The number of hydrogen-bond donors (Lipinski definition) is 1. The minimum Gasteiger partial charge on any atom is -0.496 e. The Labute approximate surface area is 203 Å². The second-order valence-corrected chi connectivity index (χ2v) is 8.69. The molecule has 1 N–H and O–H groups in total. The Kier molecular flexibility index (Phi) is 5.75. The number of hydrogen-bond acceptors (Lipinski definition) is 4. The summed E-state index contributed by atoms with van der Waals surface area (Å²) in [5.74, 6) is 0.703. The summed E-state index contributed by atoms with van der Waals surface area (Å²) in [6, 6.07) is 23.3. The summed E-state index contributed by atoms with van der Waals surface area (Å²) in [4.78, 5) is 15.4. The van der Waals surface area contributed by atoms with E-state index in [1.165, 1.54) is 0 Å². The van der Waals surface area contributed by atoms with Gasteiger partial charge in [-0.3, -0.25) is 14.4 Å². The van der Waals surface area contributed by atoms with Crippen LogP contribution in [0.4, 0.5) is 11.4 Å². The number of rotatable bonds is 5. The summed E-state index contributed by atoms with van der Waals surface area (Å²) >= 11 is 6.37. The maximum atomic E-state index is 13.6. The molecule has 0 aliphatic carbocycles. The van der Waals surface area contributed by atoms with Crippen LogP contribution in [0.1, 0.15) is 39.0 Å². The number of fused-ring (bicyclic) bond motifs is 1. The van der Waals surface area contributed by atoms with Crippen LogP contribution in [0.15, 0.2) is 72.8 Å². The molecule has 0 fully saturated rings. The molecule has 2 heterocycles. The third-order valence-electron chi connectivity index (χ3n) is 6.19. The topological polar surface area (TPSA) is 59.4 Å². The van der Waals surface area contributed by atoms with Crippen molar-refractivity contribution in [1.29, 1.82) is 0 Å². The van der Waals surface area contributed by atoms with Gasteiger partial charge in [-0.2, -0.15) is 5.10 Å². The van der Waals surface area contributed by atoms with Gasteiger partial charge in [-0.15, -0.1) is 0 Å². The molecule has 0 bridgehead atoms. The number of amides is 1. The summed E-state index contributed by atoms with van der Waals surface area (Å²) in [7, 11) is 1.65. The highest BCUT2D eigenvalue weighted by molar-refractivity contribution is 6.31. The smallest absolute Gasteiger partial charge is 0.262 e. The molecule has 0 saturated heterocycles. The molecule has 0 saturated carbocycles. The number of aryl methyl sites for hydroxylation is 1. The van der Waals surface area contributed by atoms with Crippen LogP contribution in [-0.2, 0) is 6.54 Å². The van der Waals surface area contributed by atoms with E-state index in [1.807, 2.05) is 85.3 Å². The van der Waals surface area contributed by atoms with Gasteiger partial charge in [0.1, 0.15) is 11.9 Å². The number of para-hydroxylation sites is 2. The van der Waals surface area contributed by atoms with Crippen LogP contribution in [0.5, 0.6) is 5.75 Å². The second-order valence-electron chi connectivity index (χ2n) is 8.32. The van der Waals surface area contributed by atoms with Crippen LogP contribution in [0.2, 0.25) is 5.02 Å². The van der Waals surface area contributed by atoms with E-state index in [9.17, 15) is 4.79 Å². The van der Waals surface area contributed by atoms with Gasteiger partial charge in [0.15, 0.2) is 0 Å². The first-order valence-corrected chi connectivity index (χ1v) is 11.5. The van der Waals surface area contributed by atoms with Gasteiger partial charge in [-0.05, 0) is 55.8 Å². The van der Waals surface area contributed by atoms with Crippen LogP contribution in [0, 0.1) is 13.8 Å². The largest absolute Gasteiger partial charge is 0.496 e. The number of benzene rings is 3. The van der Waals surface area contributed by atoms with Crippen LogP contribution in [-0.4, -0.2) is 22.8 Å². The number of anilines is 2. The number of carbonyl (C=O) groups is 1. The first-order valence-electron chi connectivity index (χ1n) is 11.1. The van der Waals surface area contributed by atoms with E-state index in [4.69, 9.17) is 16.3 Å². The molecule has 34 heavy (non-hydrogen) atoms. The van der Waals surface area contributed by atoms with Gasteiger partial charge in [-0.1, -0.05) is 48.0 Å². The van der Waals surface area contributed by atoms with Crippen molar-refractivity contribution < 1.29 is 9.53 Å². The van der Waals surface area contributed by atoms with Gasteiger partial charge < -0.3 is 10.1 Å². The average Bonchev–Trinajstić information content (AvgIpc) is 3.10. The number of ether oxygens (including phenoxy) is 1. The molecule has 5 rings (SSSR count). The highest BCUT2D eigenvalue weighted by atomic mass is 35.5. The Morgan fingerprint density at radius 3 is 2.47 bits per heavy atom. The number of nitrogens with one attached hydrogen (secondary N) is 1. The molecule has 1 amide bonds. The monoisotopic (exact) mass is 472 g/mol. The molecular formula is C27H25ClN4O2. The fraction of sp³-hybridized carbons (Fsp3) is 0.185. The summed E-state index contributed by atoms with van der Waals surface area (Å²) in [5.41, 5.74) is 5.86. The molecule has 0 radical (unpaired) electrons. The zero-order valence-electron chi connectivity index (χ0n) is 19.2. The first kappa shape index (κ1) is 22.0. The lowest BCUT2D eigenvalue weighted by Crippen LogP contribution is -2.43. The van der Waals surface area contributed by atoms with E-state index < -0.39 is 6.17 Å². The number of halogens is 1.